The van der Waals surface area contributed by atoms with Gasteiger partial charge in [0.25, 0.3) is 5.56 Å². The molecular formula is C17H19IN2O. The quantitative estimate of drug-likeness (QED) is 0.752. The van der Waals surface area contributed by atoms with Gasteiger partial charge in [0.1, 0.15) is 9.39 Å². The summed E-state index contributed by atoms with van der Waals surface area (Å²) in [5, 5.41) is 0. The first-order chi connectivity index (χ1) is 9.86. The Kier molecular flexibility index (Phi) is 3.67. The van der Waals surface area contributed by atoms with E-state index in [9.17, 15) is 4.79 Å². The Bertz CT molecular complexity index is 718. The molecule has 0 spiro atoms. The first-order valence-electron chi connectivity index (χ1n) is 7.23. The Balaban J connectivity index is 2.02. The summed E-state index contributed by atoms with van der Waals surface area (Å²) in [5.41, 5.74) is 3.52. The van der Waals surface area contributed by atoms with Crippen LogP contribution in [-0.2, 0) is 18.3 Å². The third kappa shape index (κ3) is 2.78. The molecule has 4 heteroatoms. The van der Waals surface area contributed by atoms with E-state index < -0.39 is 0 Å². The molecule has 0 saturated heterocycles. The van der Waals surface area contributed by atoms with Gasteiger partial charge in [0.2, 0.25) is 0 Å². The number of nitrogens with one attached hydrogen (secondary N) is 1. The summed E-state index contributed by atoms with van der Waals surface area (Å²) in [6.07, 6.45) is 1.92. The number of halogens is 1. The molecule has 0 amide bonds. The maximum atomic E-state index is 12.2. The number of rotatable bonds is 1. The molecule has 0 bridgehead atoms. The topological polar surface area (TPSA) is 45.8 Å². The van der Waals surface area contributed by atoms with Crippen LogP contribution in [0.5, 0.6) is 0 Å². The van der Waals surface area contributed by atoms with Gasteiger partial charge < -0.3 is 4.98 Å². The fourth-order valence-electron chi connectivity index (χ4n) is 2.92. The predicted octanol–water partition coefficient (Wildman–Crippen LogP) is 3.55. The Morgan fingerprint density at radius 1 is 1.19 bits per heavy atom. The van der Waals surface area contributed by atoms with Gasteiger partial charge in [0.05, 0.1) is 5.69 Å². The average molecular weight is 394 g/mol. The fourth-order valence-corrected chi connectivity index (χ4v) is 3.98. The molecule has 1 aromatic carbocycles. The lowest BCUT2D eigenvalue weighted by atomic mass is 9.91. The largest absolute Gasteiger partial charge is 0.309 e. The van der Waals surface area contributed by atoms with E-state index in [2.05, 4.69) is 72.6 Å². The van der Waals surface area contributed by atoms with Crippen molar-refractivity contribution in [3.05, 3.63) is 60.8 Å². The van der Waals surface area contributed by atoms with E-state index in [0.717, 1.165) is 24.4 Å². The lowest BCUT2D eigenvalue weighted by molar-refractivity contribution is 0.546. The van der Waals surface area contributed by atoms with Crippen LogP contribution < -0.4 is 5.56 Å². The number of aromatic nitrogens is 2. The normalized spacial score (nSPS) is 15.2. The van der Waals surface area contributed by atoms with Crippen molar-refractivity contribution in [1.82, 2.24) is 9.97 Å². The summed E-state index contributed by atoms with van der Waals surface area (Å²) in [6.45, 7) is 6.30. The van der Waals surface area contributed by atoms with Crippen LogP contribution in [0.4, 0.5) is 0 Å². The standard InChI is InChI=1S/C17H19IN2O/c1-17(2,3)14-13(18)16(21)20-15(19-14)12-8-10-6-4-5-7-11(10)9-12/h4-7,12H,8-9H2,1-3H3,(H,19,20,21). The van der Waals surface area contributed by atoms with Gasteiger partial charge in [-0.1, -0.05) is 45.0 Å². The molecule has 21 heavy (non-hydrogen) atoms. The second-order valence-electron chi connectivity index (χ2n) is 6.74. The minimum Gasteiger partial charge on any atom is -0.309 e. The maximum absolute atomic E-state index is 12.2. The van der Waals surface area contributed by atoms with Crippen molar-refractivity contribution in [2.75, 3.05) is 0 Å². The highest BCUT2D eigenvalue weighted by Gasteiger charge is 2.28. The number of fused-ring (bicyclic) bond motifs is 1. The molecule has 110 valence electrons. The zero-order valence-electron chi connectivity index (χ0n) is 12.5. The third-order valence-electron chi connectivity index (χ3n) is 4.03. The van der Waals surface area contributed by atoms with E-state index >= 15 is 0 Å². The molecule has 3 nitrogen and oxygen atoms in total. The van der Waals surface area contributed by atoms with Crippen molar-refractivity contribution in [2.24, 2.45) is 0 Å². The second kappa shape index (κ2) is 5.23. The zero-order valence-corrected chi connectivity index (χ0v) is 14.7. The van der Waals surface area contributed by atoms with Crippen molar-refractivity contribution in [3.63, 3.8) is 0 Å². The molecule has 1 aliphatic rings. The SMILES string of the molecule is CC(C)(C)c1nc(C2Cc3ccccc3C2)[nH]c(=O)c1I. The third-order valence-corrected chi connectivity index (χ3v) is 5.03. The highest BCUT2D eigenvalue weighted by atomic mass is 127. The van der Waals surface area contributed by atoms with Crippen molar-refractivity contribution < 1.29 is 0 Å². The molecule has 0 saturated carbocycles. The van der Waals surface area contributed by atoms with E-state index in [4.69, 9.17) is 4.98 Å². The molecular weight excluding hydrogens is 375 g/mol. The predicted molar refractivity (Wildman–Crippen MR) is 92.9 cm³/mol. The summed E-state index contributed by atoms with van der Waals surface area (Å²) in [6, 6.07) is 8.49. The molecule has 3 rings (SSSR count). The minimum absolute atomic E-state index is 0.0125. The van der Waals surface area contributed by atoms with Crippen molar-refractivity contribution in [2.45, 2.75) is 44.9 Å². The van der Waals surface area contributed by atoms with Crippen LogP contribution in [0.15, 0.2) is 29.1 Å². The molecule has 2 aromatic rings. The molecule has 1 N–H and O–H groups in total. The van der Waals surface area contributed by atoms with E-state index in [-0.39, 0.29) is 16.9 Å². The zero-order chi connectivity index (χ0) is 15.2. The number of hydrogen-bond donors (Lipinski definition) is 1. The summed E-state index contributed by atoms with van der Waals surface area (Å²) in [5.74, 6) is 1.12. The van der Waals surface area contributed by atoms with Crippen LogP contribution in [0.2, 0.25) is 0 Å². The van der Waals surface area contributed by atoms with Gasteiger partial charge in [-0.05, 0) is 46.6 Å². The Hall–Kier alpha value is -1.17. The van der Waals surface area contributed by atoms with Gasteiger partial charge in [0, 0.05) is 11.3 Å². The highest BCUT2D eigenvalue weighted by Crippen LogP contribution is 2.33. The van der Waals surface area contributed by atoms with Crippen LogP contribution in [0, 0.1) is 3.57 Å². The van der Waals surface area contributed by atoms with Gasteiger partial charge in [-0.15, -0.1) is 0 Å². The van der Waals surface area contributed by atoms with Crippen LogP contribution >= 0.6 is 22.6 Å². The molecule has 0 aliphatic heterocycles. The number of nitrogens with zero attached hydrogens (tertiary/aromatic N) is 1. The van der Waals surface area contributed by atoms with Gasteiger partial charge in [0.15, 0.2) is 0 Å². The monoisotopic (exact) mass is 394 g/mol. The van der Waals surface area contributed by atoms with Crippen molar-refractivity contribution in [1.29, 1.82) is 0 Å². The number of benzene rings is 1. The average Bonchev–Trinajstić information content (AvgIpc) is 2.84. The van der Waals surface area contributed by atoms with Crippen LogP contribution in [0.25, 0.3) is 0 Å². The molecule has 1 aromatic heterocycles. The molecule has 1 heterocycles. The summed E-state index contributed by atoms with van der Waals surface area (Å²) in [4.78, 5) is 20.0. The molecule has 0 fully saturated rings. The highest BCUT2D eigenvalue weighted by molar-refractivity contribution is 14.1. The lowest BCUT2D eigenvalue weighted by Crippen LogP contribution is -2.26. The van der Waals surface area contributed by atoms with E-state index in [0.29, 0.717) is 3.57 Å². The smallest absolute Gasteiger partial charge is 0.264 e. The summed E-state index contributed by atoms with van der Waals surface area (Å²) >= 11 is 2.10. The van der Waals surface area contributed by atoms with Gasteiger partial charge in [-0.3, -0.25) is 4.79 Å². The first kappa shape index (κ1) is 14.8. The molecule has 0 radical (unpaired) electrons. The maximum Gasteiger partial charge on any atom is 0.264 e. The number of hydrogen-bond acceptors (Lipinski definition) is 2. The van der Waals surface area contributed by atoms with E-state index in [1.54, 1.807) is 0 Å². The van der Waals surface area contributed by atoms with E-state index in [1.807, 2.05) is 0 Å². The molecule has 0 atom stereocenters. The fraction of sp³-hybridized carbons (Fsp3) is 0.412. The van der Waals surface area contributed by atoms with Crippen molar-refractivity contribution in [3.8, 4) is 0 Å². The molecule has 0 unspecified atom stereocenters. The number of H-pyrrole nitrogens is 1. The van der Waals surface area contributed by atoms with Crippen LogP contribution in [0.1, 0.15) is 49.3 Å². The Morgan fingerprint density at radius 3 is 2.29 bits per heavy atom. The van der Waals surface area contributed by atoms with E-state index in [1.165, 1.54) is 11.1 Å². The lowest BCUT2D eigenvalue weighted by Gasteiger charge is -2.21. The number of aromatic amines is 1. The summed E-state index contributed by atoms with van der Waals surface area (Å²) < 4.78 is 0.708. The Morgan fingerprint density at radius 2 is 1.76 bits per heavy atom. The van der Waals surface area contributed by atoms with Gasteiger partial charge in [-0.2, -0.15) is 0 Å². The van der Waals surface area contributed by atoms with Crippen molar-refractivity contribution >= 4 is 22.6 Å². The van der Waals surface area contributed by atoms with Crippen LogP contribution in [0.3, 0.4) is 0 Å². The minimum atomic E-state index is -0.120. The summed E-state index contributed by atoms with van der Waals surface area (Å²) in [7, 11) is 0. The second-order valence-corrected chi connectivity index (χ2v) is 7.82. The molecule has 1 aliphatic carbocycles. The van der Waals surface area contributed by atoms with Gasteiger partial charge >= 0.3 is 0 Å². The van der Waals surface area contributed by atoms with Gasteiger partial charge in [-0.25, -0.2) is 4.98 Å². The van der Waals surface area contributed by atoms with Crippen LogP contribution in [-0.4, -0.2) is 9.97 Å². The Labute approximate surface area is 138 Å². The first-order valence-corrected chi connectivity index (χ1v) is 8.31.